The van der Waals surface area contributed by atoms with E-state index in [1.165, 1.54) is 35.6 Å². The molecule has 0 unspecified atom stereocenters. The van der Waals surface area contributed by atoms with Gasteiger partial charge in [-0.05, 0) is 67.8 Å². The van der Waals surface area contributed by atoms with Crippen molar-refractivity contribution >= 4 is 42.6 Å². The SMILES string of the molecule is Cc1cc2nc(N(CCCN3CCOCC3)C(=O)c3ccc(S(=O)(=O)N(CCC#N)CCC#N)cc3)sc2cc1C. The summed E-state index contributed by atoms with van der Waals surface area (Å²) in [6, 6.07) is 13.9. The van der Waals surface area contributed by atoms with Gasteiger partial charge in [-0.3, -0.25) is 14.6 Å². The number of rotatable bonds is 12. The molecule has 10 nitrogen and oxygen atoms in total. The van der Waals surface area contributed by atoms with Crippen molar-refractivity contribution in [1.29, 1.82) is 10.5 Å². The van der Waals surface area contributed by atoms with E-state index in [4.69, 9.17) is 20.2 Å². The van der Waals surface area contributed by atoms with Gasteiger partial charge >= 0.3 is 0 Å². The van der Waals surface area contributed by atoms with Gasteiger partial charge in [-0.2, -0.15) is 14.8 Å². The molecule has 4 rings (SSSR count). The zero-order chi connectivity index (χ0) is 29.4. The first-order valence-electron chi connectivity index (χ1n) is 13.6. The zero-order valence-electron chi connectivity index (χ0n) is 23.4. The summed E-state index contributed by atoms with van der Waals surface area (Å²) in [7, 11) is -3.93. The number of nitriles is 2. The van der Waals surface area contributed by atoms with Crippen LogP contribution < -0.4 is 4.90 Å². The van der Waals surface area contributed by atoms with Crippen LogP contribution in [0.25, 0.3) is 10.2 Å². The molecule has 216 valence electrons. The van der Waals surface area contributed by atoms with E-state index in [1.807, 2.05) is 25.1 Å². The predicted octanol–water partition coefficient (Wildman–Crippen LogP) is 4.10. The summed E-state index contributed by atoms with van der Waals surface area (Å²) in [5, 5.41) is 18.5. The number of carbonyl (C=O) groups is 1. The quantitative estimate of drug-likeness (QED) is 0.306. The lowest BCUT2D eigenvalue weighted by atomic mass is 10.1. The van der Waals surface area contributed by atoms with E-state index in [0.717, 1.165) is 51.7 Å². The number of amides is 1. The number of aromatic nitrogens is 1. The van der Waals surface area contributed by atoms with Crippen molar-refractivity contribution in [3.63, 3.8) is 0 Å². The number of sulfonamides is 1. The van der Waals surface area contributed by atoms with E-state index >= 15 is 0 Å². The molecule has 12 heteroatoms. The maximum absolute atomic E-state index is 13.8. The Labute approximate surface area is 245 Å². The van der Waals surface area contributed by atoms with Gasteiger partial charge in [0, 0.05) is 57.7 Å². The highest BCUT2D eigenvalue weighted by Gasteiger charge is 2.26. The molecule has 0 spiro atoms. The van der Waals surface area contributed by atoms with Crippen LogP contribution >= 0.6 is 11.3 Å². The van der Waals surface area contributed by atoms with Gasteiger partial charge in [0.25, 0.3) is 5.91 Å². The average molecular weight is 595 g/mol. The Balaban J connectivity index is 1.59. The van der Waals surface area contributed by atoms with Crippen LogP contribution in [0, 0.1) is 36.5 Å². The van der Waals surface area contributed by atoms with Gasteiger partial charge in [-0.1, -0.05) is 11.3 Å². The third kappa shape index (κ3) is 7.47. The molecule has 41 heavy (non-hydrogen) atoms. The second kappa shape index (κ2) is 14.0. The smallest absolute Gasteiger partial charge is 0.260 e. The average Bonchev–Trinajstić information content (AvgIpc) is 3.37. The third-order valence-corrected chi connectivity index (χ3v) is 10.1. The number of morpholine rings is 1. The van der Waals surface area contributed by atoms with Gasteiger partial charge in [-0.25, -0.2) is 13.4 Å². The summed E-state index contributed by atoms with van der Waals surface area (Å²) in [5.41, 5.74) is 3.49. The number of nitrogens with zero attached hydrogens (tertiary/aromatic N) is 6. The van der Waals surface area contributed by atoms with Crippen molar-refractivity contribution in [1.82, 2.24) is 14.2 Å². The van der Waals surface area contributed by atoms with Crippen molar-refractivity contribution in [2.45, 2.75) is 38.0 Å². The van der Waals surface area contributed by atoms with Crippen LogP contribution in [0.5, 0.6) is 0 Å². The summed E-state index contributed by atoms with van der Waals surface area (Å²) in [4.78, 5) is 22.7. The molecule has 3 aromatic rings. The molecule has 0 aliphatic carbocycles. The Morgan fingerprint density at radius 1 is 1.02 bits per heavy atom. The molecule has 1 aliphatic heterocycles. The van der Waals surface area contributed by atoms with Gasteiger partial charge in [0.05, 0.1) is 40.5 Å². The molecule has 2 aromatic carbocycles. The normalized spacial score (nSPS) is 14.2. The van der Waals surface area contributed by atoms with E-state index in [-0.39, 0.29) is 36.7 Å². The van der Waals surface area contributed by atoms with Crippen LogP contribution in [0.15, 0.2) is 41.3 Å². The van der Waals surface area contributed by atoms with E-state index in [1.54, 1.807) is 4.90 Å². The molecule has 0 bridgehead atoms. The van der Waals surface area contributed by atoms with Crippen LogP contribution in [0.4, 0.5) is 5.13 Å². The number of ether oxygens (including phenoxy) is 1. The Morgan fingerprint density at radius 3 is 2.29 bits per heavy atom. The van der Waals surface area contributed by atoms with Crippen molar-refractivity contribution in [3.05, 3.63) is 53.1 Å². The molecular weight excluding hydrogens is 560 g/mol. The molecule has 1 saturated heterocycles. The Morgan fingerprint density at radius 2 is 1.66 bits per heavy atom. The minimum Gasteiger partial charge on any atom is -0.379 e. The number of fused-ring (bicyclic) bond motifs is 1. The van der Waals surface area contributed by atoms with Crippen LogP contribution in [0.2, 0.25) is 0 Å². The standard InChI is InChI=1S/C29H34N6O4S2/c1-22-20-26-27(21-23(22)2)40-29(32-26)35(15-5-12-33-16-18-39-19-17-33)28(36)24-6-8-25(9-7-24)41(37,38)34(13-3-10-30)14-4-11-31/h6-9,20-21H,3-5,12-19H2,1-2H3. The van der Waals surface area contributed by atoms with E-state index < -0.39 is 10.0 Å². The second-order valence-electron chi connectivity index (χ2n) is 9.91. The maximum Gasteiger partial charge on any atom is 0.260 e. The largest absolute Gasteiger partial charge is 0.379 e. The number of carbonyl (C=O) groups excluding carboxylic acids is 1. The fourth-order valence-corrected chi connectivity index (χ4v) is 7.13. The molecular formula is C29H34N6O4S2. The fourth-order valence-electron chi connectivity index (χ4n) is 4.62. The first-order valence-corrected chi connectivity index (χ1v) is 15.8. The first kappa shape index (κ1) is 30.6. The maximum atomic E-state index is 13.8. The summed E-state index contributed by atoms with van der Waals surface area (Å²) in [6.07, 6.45) is 0.780. The van der Waals surface area contributed by atoms with Crippen molar-refractivity contribution in [3.8, 4) is 12.1 Å². The number of benzene rings is 2. The number of aryl methyl sites for hydroxylation is 2. The lowest BCUT2D eigenvalue weighted by molar-refractivity contribution is 0.0376. The van der Waals surface area contributed by atoms with Gasteiger partial charge in [0.2, 0.25) is 10.0 Å². The molecule has 1 aromatic heterocycles. The van der Waals surface area contributed by atoms with Crippen LogP contribution in [-0.2, 0) is 14.8 Å². The Bertz CT molecular complexity index is 1490. The topological polar surface area (TPSA) is 131 Å². The molecule has 0 radical (unpaired) electrons. The molecule has 1 aliphatic rings. The van der Waals surface area contributed by atoms with Crippen molar-refractivity contribution in [2.24, 2.45) is 0 Å². The Hall–Kier alpha value is -3.39. The predicted molar refractivity (Wildman–Crippen MR) is 158 cm³/mol. The molecule has 0 saturated carbocycles. The minimum absolute atomic E-state index is 0.00529. The van der Waals surface area contributed by atoms with Crippen LogP contribution in [0.3, 0.4) is 0 Å². The second-order valence-corrected chi connectivity index (χ2v) is 12.9. The molecule has 1 amide bonds. The highest BCUT2D eigenvalue weighted by atomic mass is 32.2. The lowest BCUT2D eigenvalue weighted by Crippen LogP contribution is -2.39. The van der Waals surface area contributed by atoms with Gasteiger partial charge in [0.1, 0.15) is 0 Å². The van der Waals surface area contributed by atoms with E-state index in [9.17, 15) is 13.2 Å². The molecule has 0 N–H and O–H groups in total. The number of anilines is 1. The summed E-state index contributed by atoms with van der Waals surface area (Å²) >= 11 is 1.47. The van der Waals surface area contributed by atoms with E-state index in [2.05, 4.69) is 17.9 Å². The van der Waals surface area contributed by atoms with Crippen LogP contribution in [0.1, 0.15) is 40.7 Å². The lowest BCUT2D eigenvalue weighted by Gasteiger charge is -2.27. The number of hydrogen-bond acceptors (Lipinski definition) is 9. The first-order chi connectivity index (χ1) is 19.7. The molecule has 0 atom stereocenters. The van der Waals surface area contributed by atoms with Gasteiger partial charge in [-0.15, -0.1) is 0 Å². The molecule has 2 heterocycles. The summed E-state index contributed by atoms with van der Waals surface area (Å²) < 4.78 is 34.0. The fraction of sp³-hybridized carbons (Fsp3) is 0.448. The Kier molecular flexibility index (Phi) is 10.4. The highest BCUT2D eigenvalue weighted by Crippen LogP contribution is 2.32. The summed E-state index contributed by atoms with van der Waals surface area (Å²) in [5.74, 6) is -0.255. The number of hydrogen-bond donors (Lipinski definition) is 0. The van der Waals surface area contributed by atoms with Crippen LogP contribution in [-0.4, -0.2) is 81.0 Å². The zero-order valence-corrected chi connectivity index (χ0v) is 25.0. The van der Waals surface area contributed by atoms with Crippen molar-refractivity contribution in [2.75, 3.05) is 57.4 Å². The summed E-state index contributed by atoms with van der Waals surface area (Å²) in [6.45, 7) is 8.51. The number of thiazole rings is 1. The minimum atomic E-state index is -3.93. The highest BCUT2D eigenvalue weighted by molar-refractivity contribution is 7.89. The third-order valence-electron chi connectivity index (χ3n) is 7.11. The van der Waals surface area contributed by atoms with Gasteiger partial charge < -0.3 is 4.74 Å². The van der Waals surface area contributed by atoms with Crippen molar-refractivity contribution < 1.29 is 17.9 Å². The van der Waals surface area contributed by atoms with E-state index in [0.29, 0.717) is 30.5 Å². The van der Waals surface area contributed by atoms with Gasteiger partial charge in [0.15, 0.2) is 5.13 Å². The monoisotopic (exact) mass is 594 g/mol. The molecule has 1 fully saturated rings.